The number of hydrogen-bond acceptors (Lipinski definition) is 4. The fraction of sp³-hybridized carbons (Fsp3) is 0.500. The van der Waals surface area contributed by atoms with E-state index in [1.807, 2.05) is 0 Å². The minimum absolute atomic E-state index is 0.0178. The molecule has 1 aromatic carbocycles. The second-order valence-corrected chi connectivity index (χ2v) is 7.70. The van der Waals surface area contributed by atoms with Crippen LogP contribution in [0.3, 0.4) is 0 Å². The molecule has 5 heteroatoms. The lowest BCUT2D eigenvalue weighted by Crippen LogP contribution is -2.29. The molecule has 124 valence electrons. The summed E-state index contributed by atoms with van der Waals surface area (Å²) in [7, 11) is 0. The molecule has 2 aromatic rings. The molecule has 1 aromatic heterocycles. The van der Waals surface area contributed by atoms with Crippen molar-refractivity contribution in [1.82, 2.24) is 10.2 Å². The van der Waals surface area contributed by atoms with Crippen molar-refractivity contribution >= 4 is 22.4 Å². The Bertz CT molecular complexity index is 656. The molecule has 0 unspecified atom stereocenters. The molecule has 0 aliphatic heterocycles. The smallest absolute Gasteiger partial charge is 0.225 e. The Labute approximate surface area is 142 Å². The van der Waals surface area contributed by atoms with E-state index in [1.165, 1.54) is 16.9 Å². The maximum absolute atomic E-state index is 11.8. The second-order valence-electron chi connectivity index (χ2n) is 6.74. The number of nitrogens with zero attached hydrogens (tertiary/aromatic N) is 3. The zero-order valence-electron chi connectivity index (χ0n) is 14.6. The molecule has 23 heavy (non-hydrogen) atoms. The van der Waals surface area contributed by atoms with Crippen LogP contribution in [0.25, 0.3) is 10.6 Å². The van der Waals surface area contributed by atoms with Crippen molar-refractivity contribution in [3.63, 3.8) is 0 Å². The predicted octanol–water partition coefficient (Wildman–Crippen LogP) is 4.66. The number of carbonyl (C=O) groups excluding carboxylic acids is 1. The van der Waals surface area contributed by atoms with Gasteiger partial charge >= 0.3 is 0 Å². The van der Waals surface area contributed by atoms with Gasteiger partial charge in [0.15, 0.2) is 0 Å². The van der Waals surface area contributed by atoms with E-state index in [1.54, 1.807) is 11.8 Å². The predicted molar refractivity (Wildman–Crippen MR) is 97.0 cm³/mol. The van der Waals surface area contributed by atoms with Gasteiger partial charge in [-0.1, -0.05) is 69.7 Å². The lowest BCUT2D eigenvalue weighted by atomic mass is 9.87. The van der Waals surface area contributed by atoms with Crippen LogP contribution in [0.4, 0.5) is 5.13 Å². The Morgan fingerprint density at radius 1 is 1.17 bits per heavy atom. The van der Waals surface area contributed by atoms with Crippen LogP contribution in [0.15, 0.2) is 24.3 Å². The molecule has 0 saturated heterocycles. The van der Waals surface area contributed by atoms with Gasteiger partial charge in [-0.3, -0.25) is 9.69 Å². The number of hydrogen-bond donors (Lipinski definition) is 0. The van der Waals surface area contributed by atoms with Crippen molar-refractivity contribution in [3.05, 3.63) is 29.8 Å². The standard InChI is InChI=1S/C18H25N3OS/c1-6-7-12-21(13(2)22)17-20-19-16(23-17)14-8-10-15(11-9-14)18(3,4)5/h8-11H,6-7,12H2,1-5H3. The van der Waals surface area contributed by atoms with E-state index >= 15 is 0 Å². The van der Waals surface area contributed by atoms with Gasteiger partial charge in [-0.2, -0.15) is 0 Å². The average molecular weight is 331 g/mol. The number of amides is 1. The number of benzene rings is 1. The maximum atomic E-state index is 11.8. The third-order valence-corrected chi connectivity index (χ3v) is 4.75. The Morgan fingerprint density at radius 2 is 1.83 bits per heavy atom. The number of aromatic nitrogens is 2. The molecule has 0 aliphatic carbocycles. The first kappa shape index (κ1) is 17.6. The van der Waals surface area contributed by atoms with Gasteiger partial charge < -0.3 is 0 Å². The molecule has 0 radical (unpaired) electrons. The van der Waals surface area contributed by atoms with Gasteiger partial charge in [0.25, 0.3) is 0 Å². The molecule has 4 nitrogen and oxygen atoms in total. The van der Waals surface area contributed by atoms with Crippen molar-refractivity contribution < 1.29 is 4.79 Å². The Morgan fingerprint density at radius 3 is 2.35 bits per heavy atom. The van der Waals surface area contributed by atoms with Crippen LogP contribution in [0.5, 0.6) is 0 Å². The zero-order chi connectivity index (χ0) is 17.0. The van der Waals surface area contributed by atoms with Crippen LogP contribution in [-0.2, 0) is 10.2 Å². The molecule has 0 N–H and O–H groups in total. The number of unbranched alkanes of at least 4 members (excludes halogenated alkanes) is 1. The SMILES string of the molecule is CCCCN(C(C)=O)c1nnc(-c2ccc(C(C)(C)C)cc2)s1. The molecule has 0 saturated carbocycles. The summed E-state index contributed by atoms with van der Waals surface area (Å²) in [6.45, 7) is 11.0. The van der Waals surface area contributed by atoms with Crippen molar-refractivity contribution in [2.45, 2.75) is 52.9 Å². The highest BCUT2D eigenvalue weighted by molar-refractivity contribution is 7.18. The highest BCUT2D eigenvalue weighted by Gasteiger charge is 2.18. The molecular formula is C18H25N3OS. The van der Waals surface area contributed by atoms with E-state index in [9.17, 15) is 4.79 Å². The number of carbonyl (C=O) groups is 1. The molecular weight excluding hydrogens is 306 g/mol. The Balaban J connectivity index is 2.22. The molecule has 0 bridgehead atoms. The summed E-state index contributed by atoms with van der Waals surface area (Å²) in [5.74, 6) is 0.0178. The lowest BCUT2D eigenvalue weighted by molar-refractivity contribution is -0.116. The van der Waals surface area contributed by atoms with Crippen LogP contribution in [0, 0.1) is 0 Å². The fourth-order valence-electron chi connectivity index (χ4n) is 2.26. The van der Waals surface area contributed by atoms with E-state index < -0.39 is 0 Å². The van der Waals surface area contributed by atoms with Gasteiger partial charge in [0.05, 0.1) is 0 Å². The fourth-order valence-corrected chi connectivity index (χ4v) is 3.18. The van der Waals surface area contributed by atoms with E-state index in [0.29, 0.717) is 11.7 Å². The van der Waals surface area contributed by atoms with Crippen molar-refractivity contribution in [3.8, 4) is 10.6 Å². The van der Waals surface area contributed by atoms with Crippen LogP contribution in [0.2, 0.25) is 0 Å². The Kier molecular flexibility index (Phi) is 5.52. The highest BCUT2D eigenvalue weighted by atomic mass is 32.1. The highest BCUT2D eigenvalue weighted by Crippen LogP contribution is 2.31. The topological polar surface area (TPSA) is 46.1 Å². The molecule has 2 rings (SSSR count). The van der Waals surface area contributed by atoms with Gasteiger partial charge in [-0.05, 0) is 17.4 Å². The maximum Gasteiger partial charge on any atom is 0.225 e. The summed E-state index contributed by atoms with van der Waals surface area (Å²) in [5.41, 5.74) is 2.47. The third-order valence-electron chi connectivity index (χ3n) is 3.76. The summed E-state index contributed by atoms with van der Waals surface area (Å²) >= 11 is 1.47. The average Bonchev–Trinajstić information content (AvgIpc) is 2.96. The monoisotopic (exact) mass is 331 g/mol. The van der Waals surface area contributed by atoms with Gasteiger partial charge in [-0.25, -0.2) is 0 Å². The first-order valence-corrected chi connectivity index (χ1v) is 8.87. The Hall–Kier alpha value is -1.75. The number of anilines is 1. The summed E-state index contributed by atoms with van der Waals surface area (Å²) in [6, 6.07) is 8.43. The third kappa shape index (κ3) is 4.38. The van der Waals surface area contributed by atoms with Crippen molar-refractivity contribution in [2.24, 2.45) is 0 Å². The van der Waals surface area contributed by atoms with Gasteiger partial charge in [0, 0.05) is 19.0 Å². The minimum Gasteiger partial charge on any atom is -0.287 e. The quantitative estimate of drug-likeness (QED) is 0.801. The number of rotatable bonds is 5. The van der Waals surface area contributed by atoms with E-state index in [0.717, 1.165) is 23.4 Å². The van der Waals surface area contributed by atoms with Crippen LogP contribution >= 0.6 is 11.3 Å². The van der Waals surface area contributed by atoms with Crippen molar-refractivity contribution in [2.75, 3.05) is 11.4 Å². The molecule has 0 spiro atoms. The molecule has 1 amide bonds. The molecule has 0 aliphatic rings. The summed E-state index contributed by atoms with van der Waals surface area (Å²) in [5, 5.41) is 10.0. The first-order valence-electron chi connectivity index (χ1n) is 8.05. The summed E-state index contributed by atoms with van der Waals surface area (Å²) in [4.78, 5) is 13.5. The normalized spacial score (nSPS) is 11.5. The van der Waals surface area contributed by atoms with Crippen molar-refractivity contribution in [1.29, 1.82) is 0 Å². The minimum atomic E-state index is 0.0178. The molecule has 1 heterocycles. The van der Waals surface area contributed by atoms with E-state index in [-0.39, 0.29) is 11.3 Å². The largest absolute Gasteiger partial charge is 0.287 e. The summed E-state index contributed by atoms with van der Waals surface area (Å²) in [6.07, 6.45) is 2.01. The second kappa shape index (κ2) is 7.21. The zero-order valence-corrected chi connectivity index (χ0v) is 15.4. The summed E-state index contributed by atoms with van der Waals surface area (Å²) < 4.78 is 0. The van der Waals surface area contributed by atoms with Gasteiger partial charge in [-0.15, -0.1) is 10.2 Å². The van der Waals surface area contributed by atoms with E-state index in [4.69, 9.17) is 0 Å². The van der Waals surface area contributed by atoms with Crippen LogP contribution in [-0.4, -0.2) is 22.6 Å². The first-order chi connectivity index (χ1) is 10.8. The van der Waals surface area contributed by atoms with Crippen LogP contribution < -0.4 is 4.90 Å². The lowest BCUT2D eigenvalue weighted by Gasteiger charge is -2.18. The van der Waals surface area contributed by atoms with E-state index in [2.05, 4.69) is 62.2 Å². The molecule has 0 atom stereocenters. The van der Waals surface area contributed by atoms with Crippen LogP contribution in [0.1, 0.15) is 53.0 Å². The molecule has 0 fully saturated rings. The van der Waals surface area contributed by atoms with Gasteiger partial charge in [0.1, 0.15) is 5.01 Å². The van der Waals surface area contributed by atoms with Gasteiger partial charge in [0.2, 0.25) is 11.0 Å².